The van der Waals surface area contributed by atoms with E-state index in [1.807, 2.05) is 0 Å². The number of nitrogens with one attached hydrogen (secondary N) is 4. The number of rotatable bonds is 30. The molecule has 0 aromatic carbocycles. The van der Waals surface area contributed by atoms with Crippen LogP contribution in [0.2, 0.25) is 0 Å². The monoisotopic (exact) mass is 1090 g/mol. The van der Waals surface area contributed by atoms with Crippen LogP contribution in [0.1, 0.15) is 116 Å². The second-order valence-electron chi connectivity index (χ2n) is 19.8. The maximum absolute atomic E-state index is 14.4. The second-order valence-corrected chi connectivity index (χ2v) is 19.8. The Balaban J connectivity index is 1.47. The van der Waals surface area contributed by atoms with Gasteiger partial charge in [0.1, 0.15) is 48.3 Å². The number of amides is 10. The van der Waals surface area contributed by atoms with Crippen molar-refractivity contribution in [3.63, 3.8) is 0 Å². The van der Waals surface area contributed by atoms with Crippen LogP contribution in [-0.2, 0) is 52.7 Å². The summed E-state index contributed by atoms with van der Waals surface area (Å²) < 4.78 is 0. The summed E-state index contributed by atoms with van der Waals surface area (Å²) in [7, 11) is 0. The molecule has 0 aromatic heterocycles. The van der Waals surface area contributed by atoms with Crippen LogP contribution in [0.25, 0.3) is 0 Å². The molecule has 21 N–H and O–H groups in total. The van der Waals surface area contributed by atoms with Crippen molar-refractivity contribution in [2.45, 2.75) is 170 Å². The first kappa shape index (κ1) is 62.2. The summed E-state index contributed by atoms with van der Waals surface area (Å²) in [4.78, 5) is 162. The van der Waals surface area contributed by atoms with E-state index in [0.717, 1.165) is 4.90 Å². The van der Waals surface area contributed by atoms with Crippen LogP contribution in [-0.4, -0.2) is 202 Å². The normalized spacial score (nSPS) is 21.0. The van der Waals surface area contributed by atoms with Crippen molar-refractivity contribution in [1.82, 2.24) is 40.9 Å². The number of aliphatic imine (C=N–C) groups is 2. The van der Waals surface area contributed by atoms with E-state index in [4.69, 9.17) is 45.9 Å². The molecule has 30 nitrogen and oxygen atoms in total. The minimum Gasteiger partial charge on any atom is -0.480 e. The molecule has 0 saturated carbocycles. The van der Waals surface area contributed by atoms with Crippen molar-refractivity contribution in [3.8, 4) is 0 Å². The van der Waals surface area contributed by atoms with Gasteiger partial charge in [-0.05, 0) is 109 Å². The number of unbranched alkanes of at least 4 members (excludes halogenated alkanes) is 1. The number of aliphatic carboxylic acids is 1. The number of nitrogens with zero attached hydrogens (tertiary/aromatic N) is 6. The Morgan fingerprint density at radius 2 is 0.922 bits per heavy atom. The molecule has 0 aliphatic carbocycles. The highest BCUT2D eigenvalue weighted by atomic mass is 16.4. The van der Waals surface area contributed by atoms with E-state index in [-0.39, 0.29) is 96.0 Å². The molecule has 0 aromatic rings. The number of guanidine groups is 2. The van der Waals surface area contributed by atoms with Gasteiger partial charge in [0.2, 0.25) is 59.1 Å². The van der Waals surface area contributed by atoms with Crippen LogP contribution < -0.4 is 67.1 Å². The summed E-state index contributed by atoms with van der Waals surface area (Å²) in [5, 5.41) is 19.9. The standard InChI is InChI=1S/C47H80N18O12/c48-18-2-1-10-29(45(76)77)60-37(68)27(11-4-20-57-47(54)55)58-39(70)31-12-5-21-62(31)42(73)30(25-36(51)67)61-38(69)28(16-17-35(50)66)59-40(71)32-13-6-22-63(32)43(74)34-15-8-24-65(34)44(75)33-14-7-23-64(33)41(72)26(49)9-3-19-56-46(52)53/h26-34H,1-25,48-49H2,(H2,50,66)(H2,51,67)(H,58,70)(H,59,71)(H,60,68)(H,61,69)(H,76,77)(H4,52,53,56)(H4,54,55,57)/t26-,27-,28-,29-,30-,31-,32-,33-,34-/m0/s1. The lowest BCUT2D eigenvalue weighted by Gasteiger charge is -2.34. The minimum atomic E-state index is -1.70. The molecular formula is C47H80N18O12. The number of likely N-dealkylation sites (tertiary alicyclic amines) is 4. The maximum Gasteiger partial charge on any atom is 0.326 e. The first-order chi connectivity index (χ1) is 36.5. The van der Waals surface area contributed by atoms with Crippen molar-refractivity contribution in [2.75, 3.05) is 45.8 Å². The summed E-state index contributed by atoms with van der Waals surface area (Å²) in [5.74, 6) is -9.12. The molecule has 77 heavy (non-hydrogen) atoms. The number of hydrogen-bond donors (Lipinski definition) is 13. The number of carboxylic acids is 1. The summed E-state index contributed by atoms with van der Waals surface area (Å²) in [6.07, 6.45) is 2.87. The van der Waals surface area contributed by atoms with E-state index in [1.165, 1.54) is 14.7 Å². The molecule has 0 unspecified atom stereocenters. The van der Waals surface area contributed by atoms with Gasteiger partial charge in [0, 0.05) is 45.7 Å². The molecule has 4 aliphatic heterocycles. The number of carbonyl (C=O) groups excluding carboxylic acids is 10. The van der Waals surface area contributed by atoms with Crippen LogP contribution in [0.4, 0.5) is 0 Å². The average Bonchev–Trinajstić information content (AvgIpc) is 4.24. The Hall–Kier alpha value is -7.37. The zero-order valence-corrected chi connectivity index (χ0v) is 43.6. The van der Waals surface area contributed by atoms with E-state index >= 15 is 0 Å². The van der Waals surface area contributed by atoms with E-state index in [2.05, 4.69) is 31.3 Å². The number of primary amides is 2. The highest BCUT2D eigenvalue weighted by molar-refractivity contribution is 6.00. The zero-order valence-electron chi connectivity index (χ0n) is 43.6. The number of carbonyl (C=O) groups is 11. The van der Waals surface area contributed by atoms with Crippen LogP contribution in [0, 0.1) is 0 Å². The number of carboxylic acid groups (broad SMARTS) is 1. The third-order valence-electron chi connectivity index (χ3n) is 14.1. The maximum atomic E-state index is 14.4. The molecule has 4 aliphatic rings. The average molecular weight is 1090 g/mol. The van der Waals surface area contributed by atoms with Crippen LogP contribution in [0.5, 0.6) is 0 Å². The molecule has 10 amide bonds. The number of nitrogens with two attached hydrogens (primary N) is 8. The smallest absolute Gasteiger partial charge is 0.326 e. The van der Waals surface area contributed by atoms with Gasteiger partial charge in [-0.3, -0.25) is 57.9 Å². The Kier molecular flexibility index (Phi) is 24.5. The largest absolute Gasteiger partial charge is 0.480 e. The summed E-state index contributed by atoms with van der Waals surface area (Å²) in [6.45, 7) is 1.29. The van der Waals surface area contributed by atoms with Gasteiger partial charge in [0.25, 0.3) is 0 Å². The van der Waals surface area contributed by atoms with Crippen molar-refractivity contribution < 1.29 is 57.8 Å². The summed E-state index contributed by atoms with van der Waals surface area (Å²) in [6, 6.07) is -10.9. The molecule has 4 saturated heterocycles. The first-order valence-corrected chi connectivity index (χ1v) is 26.3. The quantitative estimate of drug-likeness (QED) is 0.0181. The van der Waals surface area contributed by atoms with Gasteiger partial charge in [-0.25, -0.2) is 4.79 Å². The molecule has 430 valence electrons. The van der Waals surface area contributed by atoms with Crippen molar-refractivity contribution in [3.05, 3.63) is 0 Å². The van der Waals surface area contributed by atoms with Gasteiger partial charge in [-0.1, -0.05) is 0 Å². The van der Waals surface area contributed by atoms with Gasteiger partial charge < -0.3 is 91.8 Å². The van der Waals surface area contributed by atoms with Crippen molar-refractivity contribution >= 4 is 77.0 Å². The third kappa shape index (κ3) is 18.4. The molecule has 9 atom stereocenters. The van der Waals surface area contributed by atoms with Crippen molar-refractivity contribution in [1.29, 1.82) is 0 Å². The third-order valence-corrected chi connectivity index (χ3v) is 14.1. The SMILES string of the molecule is NCCCC[C@H](NC(=O)[C@H](CCCN=C(N)N)NC(=O)[C@@H]1CCCN1C(=O)[C@H](CC(N)=O)NC(=O)[C@H](CCC(N)=O)NC(=O)[C@@H]1CCCN1C(=O)[C@@H]1CCCN1C(=O)[C@@H]1CCCN1C(=O)[C@@H](N)CCCN=C(N)N)C(=O)O. The Morgan fingerprint density at radius 1 is 0.494 bits per heavy atom. The highest BCUT2D eigenvalue weighted by Crippen LogP contribution is 2.29. The summed E-state index contributed by atoms with van der Waals surface area (Å²) >= 11 is 0. The van der Waals surface area contributed by atoms with E-state index in [1.54, 1.807) is 0 Å². The van der Waals surface area contributed by atoms with E-state index in [9.17, 15) is 57.8 Å². The molecule has 4 rings (SSSR count). The van der Waals surface area contributed by atoms with Gasteiger partial charge in [-0.15, -0.1) is 0 Å². The lowest BCUT2D eigenvalue weighted by atomic mass is 10.1. The molecule has 0 bridgehead atoms. The van der Waals surface area contributed by atoms with E-state index in [0.29, 0.717) is 64.5 Å². The minimum absolute atomic E-state index is 0.0307. The Bertz CT molecular complexity index is 2210. The Labute approximate surface area is 446 Å². The van der Waals surface area contributed by atoms with E-state index < -0.39 is 132 Å². The van der Waals surface area contributed by atoms with Gasteiger partial charge in [0.15, 0.2) is 11.9 Å². The topological polar surface area (TPSA) is 502 Å². The van der Waals surface area contributed by atoms with Crippen LogP contribution >= 0.6 is 0 Å². The fraction of sp³-hybridized carbons (Fsp3) is 0.723. The summed E-state index contributed by atoms with van der Waals surface area (Å²) in [5.41, 5.74) is 44.4. The highest BCUT2D eigenvalue weighted by Gasteiger charge is 2.47. The fourth-order valence-corrected chi connectivity index (χ4v) is 10.2. The predicted octanol–water partition coefficient (Wildman–Crippen LogP) is -6.32. The number of hydrogen-bond acceptors (Lipinski definition) is 15. The Morgan fingerprint density at radius 3 is 1.42 bits per heavy atom. The molecule has 4 heterocycles. The first-order valence-electron chi connectivity index (χ1n) is 26.3. The van der Waals surface area contributed by atoms with Crippen LogP contribution in [0.3, 0.4) is 0 Å². The predicted molar refractivity (Wildman–Crippen MR) is 277 cm³/mol. The van der Waals surface area contributed by atoms with Gasteiger partial charge in [-0.2, -0.15) is 0 Å². The fourth-order valence-electron chi connectivity index (χ4n) is 10.2. The molecule has 30 heteroatoms. The molecule has 0 radical (unpaired) electrons. The molecular weight excluding hydrogens is 1010 g/mol. The molecule has 4 fully saturated rings. The zero-order chi connectivity index (χ0) is 56.9. The lowest BCUT2D eigenvalue weighted by Crippen LogP contribution is -2.60. The lowest BCUT2D eigenvalue weighted by molar-refractivity contribution is -0.151. The second kappa shape index (κ2) is 30.4. The van der Waals surface area contributed by atoms with Crippen LogP contribution in [0.15, 0.2) is 9.98 Å². The van der Waals surface area contributed by atoms with Crippen molar-refractivity contribution in [2.24, 2.45) is 55.9 Å². The van der Waals surface area contributed by atoms with Gasteiger partial charge >= 0.3 is 5.97 Å². The molecule has 0 spiro atoms. The van der Waals surface area contributed by atoms with Gasteiger partial charge in [0.05, 0.1) is 12.5 Å².